The van der Waals surface area contributed by atoms with Crippen LogP contribution in [0.5, 0.6) is 0 Å². The predicted molar refractivity (Wildman–Crippen MR) is 82.1 cm³/mol. The van der Waals surface area contributed by atoms with Crippen LogP contribution in [0.25, 0.3) is 0 Å². The van der Waals surface area contributed by atoms with Crippen molar-refractivity contribution < 1.29 is 0 Å². The zero-order valence-electron chi connectivity index (χ0n) is 13.2. The summed E-state index contributed by atoms with van der Waals surface area (Å²) >= 11 is 0. The quantitative estimate of drug-likeness (QED) is 0.780. The van der Waals surface area contributed by atoms with E-state index in [2.05, 4.69) is 26.1 Å². The van der Waals surface area contributed by atoms with E-state index in [-0.39, 0.29) is 0 Å². The molecule has 3 rings (SSSR count). The van der Waals surface area contributed by atoms with Gasteiger partial charge >= 0.3 is 0 Å². The minimum atomic E-state index is 0.774. The molecular formula is C18H33N. The maximum atomic E-state index is 4.01. The van der Waals surface area contributed by atoms with Crippen molar-refractivity contribution in [3.63, 3.8) is 0 Å². The van der Waals surface area contributed by atoms with Crippen molar-refractivity contribution in [1.29, 1.82) is 0 Å². The second-order valence-corrected chi connectivity index (χ2v) is 8.15. The third-order valence-electron chi connectivity index (χ3n) is 6.65. The molecule has 1 heteroatoms. The fraction of sp³-hybridized carbons (Fsp3) is 1.00. The van der Waals surface area contributed by atoms with Crippen LogP contribution in [0.4, 0.5) is 0 Å². The Kier molecular flexibility index (Phi) is 4.22. The molecule has 0 amide bonds. The number of nitrogens with one attached hydrogen (secondary N) is 1. The fourth-order valence-corrected chi connectivity index (χ4v) is 5.35. The first kappa shape index (κ1) is 13.9. The Hall–Kier alpha value is -0.0400. The van der Waals surface area contributed by atoms with Crippen molar-refractivity contribution in [3.05, 3.63) is 0 Å². The third-order valence-corrected chi connectivity index (χ3v) is 6.65. The summed E-state index contributed by atoms with van der Waals surface area (Å²) in [6, 6.07) is 1.60. The molecule has 0 spiro atoms. The fourth-order valence-electron chi connectivity index (χ4n) is 5.35. The lowest BCUT2D eigenvalue weighted by atomic mass is 9.78. The molecule has 4 unspecified atom stereocenters. The lowest BCUT2D eigenvalue weighted by molar-refractivity contribution is 0.195. The topological polar surface area (TPSA) is 12.0 Å². The highest BCUT2D eigenvalue weighted by molar-refractivity contribution is 4.95. The van der Waals surface area contributed by atoms with Crippen LogP contribution in [0.3, 0.4) is 0 Å². The summed E-state index contributed by atoms with van der Waals surface area (Å²) in [5, 5.41) is 4.01. The lowest BCUT2D eigenvalue weighted by Crippen LogP contribution is -2.44. The molecule has 3 saturated carbocycles. The van der Waals surface area contributed by atoms with Crippen LogP contribution in [0.2, 0.25) is 0 Å². The molecule has 110 valence electrons. The van der Waals surface area contributed by atoms with Crippen LogP contribution in [0.15, 0.2) is 0 Å². The first-order valence-electron chi connectivity index (χ1n) is 8.89. The Labute approximate surface area is 119 Å². The van der Waals surface area contributed by atoms with Gasteiger partial charge in [0.25, 0.3) is 0 Å². The van der Waals surface area contributed by atoms with Crippen LogP contribution in [-0.2, 0) is 0 Å². The van der Waals surface area contributed by atoms with Gasteiger partial charge in [0.2, 0.25) is 0 Å². The van der Waals surface area contributed by atoms with Gasteiger partial charge in [0.15, 0.2) is 0 Å². The van der Waals surface area contributed by atoms with Crippen molar-refractivity contribution in [2.75, 3.05) is 0 Å². The van der Waals surface area contributed by atoms with Gasteiger partial charge in [0.1, 0.15) is 0 Å². The summed E-state index contributed by atoms with van der Waals surface area (Å²) in [7, 11) is 0. The Morgan fingerprint density at radius 1 is 0.842 bits per heavy atom. The smallest absolute Gasteiger partial charge is 0.00723 e. The molecule has 1 nitrogen and oxygen atoms in total. The van der Waals surface area contributed by atoms with Crippen LogP contribution in [0.1, 0.15) is 72.1 Å². The minimum absolute atomic E-state index is 0.774. The third kappa shape index (κ3) is 3.01. The Balaban J connectivity index is 1.45. The summed E-state index contributed by atoms with van der Waals surface area (Å²) in [6.07, 6.45) is 11.9. The molecule has 0 aromatic rings. The molecule has 2 bridgehead atoms. The maximum Gasteiger partial charge on any atom is 0.00723 e. The second kappa shape index (κ2) is 5.76. The number of fused-ring (bicyclic) bond motifs is 2. The van der Waals surface area contributed by atoms with E-state index in [0.29, 0.717) is 0 Å². The Bertz CT molecular complexity index is 290. The molecule has 4 atom stereocenters. The summed E-state index contributed by atoms with van der Waals surface area (Å²) in [6.45, 7) is 7.27. The predicted octanol–water partition coefficient (Wildman–Crippen LogP) is 4.62. The summed E-state index contributed by atoms with van der Waals surface area (Å²) in [4.78, 5) is 0. The highest BCUT2D eigenvalue weighted by Crippen LogP contribution is 2.49. The molecule has 3 fully saturated rings. The van der Waals surface area contributed by atoms with Crippen LogP contribution in [0, 0.1) is 29.6 Å². The largest absolute Gasteiger partial charge is 0.311 e. The Morgan fingerprint density at radius 3 is 2.11 bits per heavy atom. The van der Waals surface area contributed by atoms with E-state index < -0.39 is 0 Å². The zero-order chi connectivity index (χ0) is 13.4. The molecule has 0 heterocycles. The van der Waals surface area contributed by atoms with Crippen molar-refractivity contribution in [1.82, 2.24) is 5.32 Å². The van der Waals surface area contributed by atoms with Gasteiger partial charge in [0, 0.05) is 12.1 Å². The van der Waals surface area contributed by atoms with Crippen molar-refractivity contribution in [2.45, 2.75) is 84.2 Å². The number of hydrogen-bond acceptors (Lipinski definition) is 1. The molecule has 3 aliphatic carbocycles. The molecule has 0 radical (unpaired) electrons. The van der Waals surface area contributed by atoms with Crippen molar-refractivity contribution >= 4 is 0 Å². The summed E-state index contributed by atoms with van der Waals surface area (Å²) in [5.74, 6) is 5.05. The molecule has 0 aromatic carbocycles. The highest BCUT2D eigenvalue weighted by atomic mass is 15.0. The van der Waals surface area contributed by atoms with E-state index in [1.165, 1.54) is 44.9 Å². The molecule has 0 aromatic heterocycles. The lowest BCUT2D eigenvalue weighted by Gasteiger charge is -2.36. The monoisotopic (exact) mass is 263 g/mol. The summed E-state index contributed by atoms with van der Waals surface area (Å²) in [5.41, 5.74) is 0. The molecule has 19 heavy (non-hydrogen) atoms. The molecule has 0 saturated heterocycles. The standard InChI is InChI=1S/C18H33N/c1-12(2)15-6-8-17(9-7-15)19-13(3)18-11-14-4-5-16(18)10-14/h12-19H,4-11H2,1-3H3. The van der Waals surface area contributed by atoms with Crippen LogP contribution in [-0.4, -0.2) is 12.1 Å². The van der Waals surface area contributed by atoms with E-state index in [1.54, 1.807) is 6.42 Å². The van der Waals surface area contributed by atoms with Gasteiger partial charge < -0.3 is 5.32 Å². The number of hydrogen-bond donors (Lipinski definition) is 1. The molecule has 3 aliphatic rings. The molecular weight excluding hydrogens is 230 g/mol. The average molecular weight is 263 g/mol. The maximum absolute atomic E-state index is 4.01. The van der Waals surface area contributed by atoms with Crippen LogP contribution < -0.4 is 5.32 Å². The van der Waals surface area contributed by atoms with Gasteiger partial charge in [-0.25, -0.2) is 0 Å². The van der Waals surface area contributed by atoms with Gasteiger partial charge in [-0.1, -0.05) is 20.3 Å². The van der Waals surface area contributed by atoms with Crippen LogP contribution >= 0.6 is 0 Å². The van der Waals surface area contributed by atoms with Gasteiger partial charge in [-0.05, 0) is 81.5 Å². The Morgan fingerprint density at radius 2 is 1.58 bits per heavy atom. The molecule has 0 aliphatic heterocycles. The van der Waals surface area contributed by atoms with E-state index >= 15 is 0 Å². The molecule has 1 N–H and O–H groups in total. The van der Waals surface area contributed by atoms with E-state index in [0.717, 1.165) is 41.7 Å². The first-order chi connectivity index (χ1) is 9.13. The zero-order valence-corrected chi connectivity index (χ0v) is 13.2. The van der Waals surface area contributed by atoms with Gasteiger partial charge in [-0.3, -0.25) is 0 Å². The van der Waals surface area contributed by atoms with Crippen molar-refractivity contribution in [2.24, 2.45) is 29.6 Å². The van der Waals surface area contributed by atoms with Crippen molar-refractivity contribution in [3.8, 4) is 0 Å². The van der Waals surface area contributed by atoms with E-state index in [4.69, 9.17) is 0 Å². The minimum Gasteiger partial charge on any atom is -0.311 e. The SMILES string of the molecule is CC(C)C1CCC(NC(C)C2CC3CCC2C3)CC1. The highest BCUT2D eigenvalue weighted by Gasteiger charge is 2.42. The van der Waals surface area contributed by atoms with E-state index in [9.17, 15) is 0 Å². The first-order valence-corrected chi connectivity index (χ1v) is 8.89. The van der Waals surface area contributed by atoms with E-state index in [1.807, 2.05) is 0 Å². The average Bonchev–Trinajstić information content (AvgIpc) is 3.01. The normalized spacial score (nSPS) is 43.9. The van der Waals surface area contributed by atoms with Gasteiger partial charge in [-0.2, -0.15) is 0 Å². The van der Waals surface area contributed by atoms with Gasteiger partial charge in [-0.15, -0.1) is 0 Å². The van der Waals surface area contributed by atoms with Gasteiger partial charge in [0.05, 0.1) is 0 Å². The number of rotatable bonds is 4. The summed E-state index contributed by atoms with van der Waals surface area (Å²) < 4.78 is 0. The second-order valence-electron chi connectivity index (χ2n) is 8.15.